The van der Waals surface area contributed by atoms with Crippen LogP contribution >= 0.6 is 11.3 Å². The molecular formula is C24H31N3O3S. The molecule has 7 heteroatoms. The van der Waals surface area contributed by atoms with E-state index in [9.17, 15) is 9.59 Å². The maximum Gasteiger partial charge on any atom is 0.265 e. The number of likely N-dealkylation sites (tertiary alicyclic amines) is 1. The maximum atomic E-state index is 13.4. The quantitative estimate of drug-likeness (QED) is 0.568. The largest absolute Gasteiger partial charge is 0.494 e. The highest BCUT2D eigenvalue weighted by Gasteiger charge is 2.24. The Bertz CT molecular complexity index is 1130. The predicted molar refractivity (Wildman–Crippen MR) is 128 cm³/mol. The molecule has 0 aliphatic carbocycles. The number of unbranched alkanes of at least 4 members (excludes halogenated alkanes) is 1. The minimum Gasteiger partial charge on any atom is -0.494 e. The zero-order valence-electron chi connectivity index (χ0n) is 18.4. The lowest BCUT2D eigenvalue weighted by molar-refractivity contribution is 0.0948. The van der Waals surface area contributed by atoms with Crippen molar-refractivity contribution in [1.82, 2.24) is 14.8 Å². The van der Waals surface area contributed by atoms with E-state index in [2.05, 4.69) is 17.1 Å². The number of methoxy groups -OCH3 is 1. The molecule has 4 rings (SSSR count). The second kappa shape index (κ2) is 9.83. The van der Waals surface area contributed by atoms with Crippen LogP contribution in [0.1, 0.15) is 48.7 Å². The number of nitrogens with one attached hydrogen (secondary N) is 1. The minimum absolute atomic E-state index is 0.0809. The van der Waals surface area contributed by atoms with Gasteiger partial charge in [0, 0.05) is 25.0 Å². The van der Waals surface area contributed by atoms with Gasteiger partial charge in [0.1, 0.15) is 10.3 Å². The Hall–Kier alpha value is -2.38. The van der Waals surface area contributed by atoms with E-state index in [-0.39, 0.29) is 11.5 Å². The lowest BCUT2D eigenvalue weighted by Crippen LogP contribution is -2.37. The molecule has 0 bridgehead atoms. The van der Waals surface area contributed by atoms with Gasteiger partial charge in [0.2, 0.25) is 0 Å². The number of ether oxygens (including phenoxy) is 1. The van der Waals surface area contributed by atoms with Crippen molar-refractivity contribution in [3.8, 4) is 5.75 Å². The molecule has 1 aromatic carbocycles. The maximum absolute atomic E-state index is 13.4. The molecule has 1 fully saturated rings. The Labute approximate surface area is 186 Å². The number of aryl methyl sites for hydroxylation is 1. The number of nitrogens with zero attached hydrogens (tertiary/aromatic N) is 2. The Morgan fingerprint density at radius 3 is 2.68 bits per heavy atom. The summed E-state index contributed by atoms with van der Waals surface area (Å²) in [5.41, 5.74) is 0.831. The number of hydrogen-bond acceptors (Lipinski definition) is 5. The second-order valence-corrected chi connectivity index (χ2v) is 9.17. The van der Waals surface area contributed by atoms with Gasteiger partial charge in [-0.2, -0.15) is 0 Å². The molecule has 1 aliphatic rings. The molecule has 166 valence electrons. The van der Waals surface area contributed by atoms with Crippen molar-refractivity contribution in [2.45, 2.75) is 45.6 Å². The van der Waals surface area contributed by atoms with E-state index in [0.717, 1.165) is 48.1 Å². The van der Waals surface area contributed by atoms with Crippen LogP contribution in [0.2, 0.25) is 0 Å². The van der Waals surface area contributed by atoms with Crippen molar-refractivity contribution in [1.29, 1.82) is 0 Å². The summed E-state index contributed by atoms with van der Waals surface area (Å²) >= 11 is 1.35. The van der Waals surface area contributed by atoms with Crippen LogP contribution in [0.25, 0.3) is 21.0 Å². The van der Waals surface area contributed by atoms with Crippen LogP contribution in [-0.4, -0.2) is 48.7 Å². The van der Waals surface area contributed by atoms with Gasteiger partial charge in [-0.05, 0) is 38.4 Å². The molecule has 0 spiro atoms. The Balaban J connectivity index is 1.69. The fraction of sp³-hybridized carbons (Fsp3) is 0.500. The SMILES string of the molecule is CCCCn1c(=O)c2c(OC)c(C(=O)NCCN3CCCCC3)sc2c2ccccc21. The molecule has 31 heavy (non-hydrogen) atoms. The van der Waals surface area contributed by atoms with Gasteiger partial charge in [-0.25, -0.2) is 0 Å². The number of fused-ring (bicyclic) bond motifs is 3. The molecule has 1 aliphatic heterocycles. The third-order valence-electron chi connectivity index (χ3n) is 6.07. The third-order valence-corrected chi connectivity index (χ3v) is 7.27. The molecule has 3 heterocycles. The Morgan fingerprint density at radius 1 is 1.16 bits per heavy atom. The monoisotopic (exact) mass is 441 g/mol. The molecule has 0 atom stereocenters. The van der Waals surface area contributed by atoms with Crippen LogP contribution in [0.5, 0.6) is 5.75 Å². The average Bonchev–Trinajstić information content (AvgIpc) is 3.20. The number of rotatable bonds is 8. The lowest BCUT2D eigenvalue weighted by Gasteiger charge is -2.26. The van der Waals surface area contributed by atoms with E-state index in [1.54, 1.807) is 0 Å². The number of benzene rings is 1. The molecule has 1 saturated heterocycles. The van der Waals surface area contributed by atoms with E-state index in [1.165, 1.54) is 37.7 Å². The van der Waals surface area contributed by atoms with Gasteiger partial charge < -0.3 is 19.5 Å². The molecule has 2 aromatic heterocycles. The van der Waals surface area contributed by atoms with Crippen molar-refractivity contribution in [3.63, 3.8) is 0 Å². The van der Waals surface area contributed by atoms with Gasteiger partial charge >= 0.3 is 0 Å². The fourth-order valence-corrected chi connectivity index (χ4v) is 5.63. The topological polar surface area (TPSA) is 63.6 Å². The predicted octanol–water partition coefficient (Wildman–Crippen LogP) is 4.24. The number of para-hydroxylation sites is 1. The number of thiophene rings is 1. The van der Waals surface area contributed by atoms with Gasteiger partial charge in [-0.1, -0.05) is 38.0 Å². The summed E-state index contributed by atoms with van der Waals surface area (Å²) in [5.74, 6) is 0.232. The second-order valence-electron chi connectivity index (χ2n) is 8.15. The number of amides is 1. The number of carbonyl (C=O) groups is 1. The molecule has 0 saturated carbocycles. The lowest BCUT2D eigenvalue weighted by atomic mass is 10.1. The summed E-state index contributed by atoms with van der Waals surface area (Å²) in [4.78, 5) is 29.3. The van der Waals surface area contributed by atoms with Crippen molar-refractivity contribution in [2.24, 2.45) is 0 Å². The first kappa shape index (κ1) is 21.8. The molecule has 6 nitrogen and oxygen atoms in total. The van der Waals surface area contributed by atoms with Crippen LogP contribution in [0, 0.1) is 0 Å². The van der Waals surface area contributed by atoms with Crippen molar-refractivity contribution < 1.29 is 9.53 Å². The number of aromatic nitrogens is 1. The van der Waals surface area contributed by atoms with Gasteiger partial charge in [0.05, 0.1) is 17.3 Å². The minimum atomic E-state index is -0.168. The molecule has 0 radical (unpaired) electrons. The van der Waals surface area contributed by atoms with E-state index in [0.29, 0.717) is 29.1 Å². The fourth-order valence-electron chi connectivity index (χ4n) is 4.42. The highest BCUT2D eigenvalue weighted by molar-refractivity contribution is 7.22. The molecule has 0 unspecified atom stereocenters. The number of piperidine rings is 1. The summed E-state index contributed by atoms with van der Waals surface area (Å²) in [7, 11) is 1.54. The van der Waals surface area contributed by atoms with E-state index >= 15 is 0 Å². The third kappa shape index (κ3) is 4.34. The summed E-state index contributed by atoms with van der Waals surface area (Å²) in [6.45, 7) is 6.42. The van der Waals surface area contributed by atoms with Crippen LogP contribution < -0.4 is 15.6 Å². The number of hydrogen-bond donors (Lipinski definition) is 1. The first-order valence-corrected chi connectivity index (χ1v) is 12.1. The van der Waals surface area contributed by atoms with Crippen LogP contribution in [0.15, 0.2) is 29.1 Å². The summed E-state index contributed by atoms with van der Waals surface area (Å²) in [6.07, 6.45) is 5.69. The van der Waals surface area contributed by atoms with Gasteiger partial charge in [-0.15, -0.1) is 11.3 Å². The van der Waals surface area contributed by atoms with E-state index < -0.39 is 0 Å². The molecule has 1 amide bonds. The van der Waals surface area contributed by atoms with Gasteiger partial charge in [0.15, 0.2) is 5.75 Å². The van der Waals surface area contributed by atoms with Crippen LogP contribution in [-0.2, 0) is 6.54 Å². The zero-order valence-corrected chi connectivity index (χ0v) is 19.2. The van der Waals surface area contributed by atoms with Gasteiger partial charge in [0.25, 0.3) is 11.5 Å². The first-order chi connectivity index (χ1) is 15.2. The standard InChI is InChI=1S/C24H31N3O3S/c1-3-4-15-27-18-11-7-6-10-17(18)21-19(24(27)29)20(30-2)22(31-21)23(28)25-12-16-26-13-8-5-9-14-26/h6-7,10-11H,3-5,8-9,12-16H2,1-2H3,(H,25,28). The normalized spacial score (nSPS) is 14.9. The van der Waals surface area contributed by atoms with E-state index in [1.807, 2.05) is 28.8 Å². The summed E-state index contributed by atoms with van der Waals surface area (Å²) in [6, 6.07) is 7.93. The van der Waals surface area contributed by atoms with Crippen molar-refractivity contribution in [3.05, 3.63) is 39.5 Å². The highest BCUT2D eigenvalue weighted by atomic mass is 32.1. The van der Waals surface area contributed by atoms with Crippen LogP contribution in [0.4, 0.5) is 0 Å². The zero-order chi connectivity index (χ0) is 21.8. The smallest absolute Gasteiger partial charge is 0.265 e. The number of pyridine rings is 1. The molecule has 3 aromatic rings. The average molecular weight is 442 g/mol. The summed E-state index contributed by atoms with van der Waals surface area (Å²) < 4.78 is 8.28. The molecular weight excluding hydrogens is 410 g/mol. The van der Waals surface area contributed by atoms with E-state index in [4.69, 9.17) is 4.74 Å². The molecule has 1 N–H and O–H groups in total. The van der Waals surface area contributed by atoms with Crippen molar-refractivity contribution in [2.75, 3.05) is 33.3 Å². The number of carbonyl (C=O) groups excluding carboxylic acids is 1. The summed E-state index contributed by atoms with van der Waals surface area (Å²) in [5, 5.41) is 4.55. The Kier molecular flexibility index (Phi) is 6.92. The van der Waals surface area contributed by atoms with Gasteiger partial charge in [-0.3, -0.25) is 9.59 Å². The first-order valence-electron chi connectivity index (χ1n) is 11.3. The van der Waals surface area contributed by atoms with Crippen LogP contribution in [0.3, 0.4) is 0 Å². The Morgan fingerprint density at radius 2 is 1.94 bits per heavy atom. The van der Waals surface area contributed by atoms with Crippen molar-refractivity contribution >= 4 is 38.2 Å². The highest BCUT2D eigenvalue weighted by Crippen LogP contribution is 2.39.